The summed E-state index contributed by atoms with van der Waals surface area (Å²) in [4.78, 5) is 11.5. The number of benzene rings is 2. The van der Waals surface area contributed by atoms with Crippen LogP contribution in [0.2, 0.25) is 0 Å². The molecule has 2 aromatic carbocycles. The summed E-state index contributed by atoms with van der Waals surface area (Å²) in [7, 11) is 0. The Morgan fingerprint density at radius 3 is 2.45 bits per heavy atom. The molecular weight excluding hydrogens is 252 g/mol. The molecular formula is C17H10O3. The highest BCUT2D eigenvalue weighted by Crippen LogP contribution is 2.36. The van der Waals surface area contributed by atoms with Gasteiger partial charge in [0.1, 0.15) is 11.2 Å². The Labute approximate surface area is 114 Å². The van der Waals surface area contributed by atoms with Crippen LogP contribution in [-0.4, -0.2) is 0 Å². The van der Waals surface area contributed by atoms with Gasteiger partial charge < -0.3 is 8.83 Å². The molecule has 0 aliphatic heterocycles. The monoisotopic (exact) mass is 262 g/mol. The first-order valence-corrected chi connectivity index (χ1v) is 6.32. The lowest BCUT2D eigenvalue weighted by Crippen LogP contribution is -1.95. The fourth-order valence-electron chi connectivity index (χ4n) is 2.51. The third-order valence-electron chi connectivity index (χ3n) is 3.39. The minimum atomic E-state index is -0.361. The zero-order valence-electron chi connectivity index (χ0n) is 10.5. The molecule has 3 nitrogen and oxygen atoms in total. The normalized spacial score (nSPS) is 11.2. The molecule has 0 fully saturated rings. The highest BCUT2D eigenvalue weighted by atomic mass is 16.4. The van der Waals surface area contributed by atoms with Gasteiger partial charge in [0, 0.05) is 16.8 Å². The second-order valence-electron chi connectivity index (χ2n) is 4.63. The van der Waals surface area contributed by atoms with Crippen LogP contribution in [-0.2, 0) is 0 Å². The molecule has 0 amide bonds. The molecule has 2 heterocycles. The van der Waals surface area contributed by atoms with Crippen molar-refractivity contribution >= 4 is 21.9 Å². The van der Waals surface area contributed by atoms with Crippen molar-refractivity contribution < 1.29 is 8.83 Å². The fraction of sp³-hybridized carbons (Fsp3) is 0. The summed E-state index contributed by atoms with van der Waals surface area (Å²) >= 11 is 0. The Hall–Kier alpha value is -2.81. The van der Waals surface area contributed by atoms with Crippen molar-refractivity contribution in [3.8, 4) is 11.1 Å². The zero-order chi connectivity index (χ0) is 13.5. The Morgan fingerprint density at radius 1 is 0.800 bits per heavy atom. The molecule has 0 saturated heterocycles. The Kier molecular flexibility index (Phi) is 2.27. The van der Waals surface area contributed by atoms with Crippen molar-refractivity contribution in [2.24, 2.45) is 0 Å². The van der Waals surface area contributed by atoms with Crippen molar-refractivity contribution in [2.45, 2.75) is 0 Å². The second-order valence-corrected chi connectivity index (χ2v) is 4.63. The van der Waals surface area contributed by atoms with E-state index in [-0.39, 0.29) is 5.63 Å². The largest absolute Gasteiger partial charge is 0.464 e. The van der Waals surface area contributed by atoms with Crippen LogP contribution in [0, 0.1) is 0 Å². The number of rotatable bonds is 1. The summed E-state index contributed by atoms with van der Waals surface area (Å²) in [5.74, 6) is 0. The molecule has 0 bridgehead atoms. The molecule has 2 aromatic heterocycles. The molecule has 96 valence electrons. The lowest BCUT2D eigenvalue weighted by atomic mass is 10.0. The minimum Gasteiger partial charge on any atom is -0.464 e. The van der Waals surface area contributed by atoms with E-state index < -0.39 is 0 Å². The third kappa shape index (κ3) is 1.57. The molecule has 4 aromatic rings. The van der Waals surface area contributed by atoms with Crippen molar-refractivity contribution in [3.05, 3.63) is 71.3 Å². The predicted octanol–water partition coefficient (Wildman–Crippen LogP) is 4.21. The molecule has 20 heavy (non-hydrogen) atoms. The second kappa shape index (κ2) is 4.10. The quantitative estimate of drug-likeness (QED) is 0.483. The topological polar surface area (TPSA) is 43.4 Å². The van der Waals surface area contributed by atoms with Crippen molar-refractivity contribution in [3.63, 3.8) is 0 Å². The predicted molar refractivity (Wildman–Crippen MR) is 77.7 cm³/mol. The van der Waals surface area contributed by atoms with E-state index in [9.17, 15) is 4.79 Å². The van der Waals surface area contributed by atoms with Gasteiger partial charge in [0.25, 0.3) is 0 Å². The maximum atomic E-state index is 11.5. The molecule has 0 unspecified atom stereocenters. The molecule has 0 aliphatic carbocycles. The van der Waals surface area contributed by atoms with E-state index in [4.69, 9.17) is 8.83 Å². The van der Waals surface area contributed by atoms with Gasteiger partial charge in [0.05, 0.1) is 11.8 Å². The lowest BCUT2D eigenvalue weighted by molar-refractivity contribution is 0.560. The van der Waals surface area contributed by atoms with Gasteiger partial charge in [-0.3, -0.25) is 0 Å². The van der Waals surface area contributed by atoms with Crippen molar-refractivity contribution in [2.75, 3.05) is 0 Å². The average molecular weight is 262 g/mol. The van der Waals surface area contributed by atoms with Gasteiger partial charge in [-0.1, -0.05) is 30.3 Å². The summed E-state index contributed by atoms with van der Waals surface area (Å²) in [5.41, 5.74) is 2.72. The van der Waals surface area contributed by atoms with Crippen LogP contribution in [0.4, 0.5) is 0 Å². The van der Waals surface area contributed by atoms with Crippen LogP contribution < -0.4 is 5.63 Å². The Bertz CT molecular complexity index is 962. The standard InChI is InChI=1S/C17H10O3/c18-14-7-6-12-10-13-8-9-19-16(13)15(17(12)20-14)11-4-2-1-3-5-11/h1-10H. The van der Waals surface area contributed by atoms with Crippen LogP contribution in [0.1, 0.15) is 0 Å². The van der Waals surface area contributed by atoms with E-state index in [2.05, 4.69) is 0 Å². The molecule has 0 N–H and O–H groups in total. The Morgan fingerprint density at radius 2 is 1.60 bits per heavy atom. The van der Waals surface area contributed by atoms with Crippen LogP contribution >= 0.6 is 0 Å². The van der Waals surface area contributed by atoms with Crippen molar-refractivity contribution in [1.29, 1.82) is 0 Å². The smallest absolute Gasteiger partial charge is 0.336 e. The molecule has 0 atom stereocenters. The van der Waals surface area contributed by atoms with E-state index in [1.165, 1.54) is 6.07 Å². The van der Waals surface area contributed by atoms with Gasteiger partial charge in [-0.15, -0.1) is 0 Å². The number of fused-ring (bicyclic) bond motifs is 2. The molecule has 4 rings (SSSR count). The van der Waals surface area contributed by atoms with Gasteiger partial charge in [-0.2, -0.15) is 0 Å². The molecule has 0 saturated carbocycles. The highest BCUT2D eigenvalue weighted by molar-refractivity contribution is 6.07. The minimum absolute atomic E-state index is 0.361. The van der Waals surface area contributed by atoms with Gasteiger partial charge >= 0.3 is 5.63 Å². The van der Waals surface area contributed by atoms with E-state index >= 15 is 0 Å². The maximum Gasteiger partial charge on any atom is 0.336 e. The molecule has 0 aliphatic rings. The number of hydrogen-bond donors (Lipinski definition) is 0. The van der Waals surface area contributed by atoms with Crippen LogP contribution in [0.3, 0.4) is 0 Å². The first-order chi connectivity index (χ1) is 9.83. The van der Waals surface area contributed by atoms with E-state index in [0.717, 1.165) is 27.5 Å². The van der Waals surface area contributed by atoms with Gasteiger partial charge in [-0.25, -0.2) is 4.79 Å². The lowest BCUT2D eigenvalue weighted by Gasteiger charge is -2.06. The zero-order valence-corrected chi connectivity index (χ0v) is 10.5. The first kappa shape index (κ1) is 11.1. The Balaban J connectivity index is 2.26. The van der Waals surface area contributed by atoms with Gasteiger partial charge in [0.2, 0.25) is 0 Å². The van der Waals surface area contributed by atoms with Gasteiger partial charge in [0.15, 0.2) is 0 Å². The van der Waals surface area contributed by atoms with E-state index in [1.807, 2.05) is 42.5 Å². The number of furan rings is 1. The van der Waals surface area contributed by atoms with Crippen LogP contribution in [0.15, 0.2) is 74.5 Å². The van der Waals surface area contributed by atoms with E-state index in [0.29, 0.717) is 5.58 Å². The summed E-state index contributed by atoms with van der Waals surface area (Å²) in [6.07, 6.45) is 1.65. The summed E-state index contributed by atoms with van der Waals surface area (Å²) in [6, 6.07) is 16.9. The van der Waals surface area contributed by atoms with Gasteiger partial charge in [-0.05, 0) is 23.8 Å². The molecule has 0 radical (unpaired) electrons. The third-order valence-corrected chi connectivity index (χ3v) is 3.39. The SMILES string of the molecule is O=c1ccc2cc3ccoc3c(-c3ccccc3)c2o1. The summed E-state index contributed by atoms with van der Waals surface area (Å²) in [5, 5.41) is 1.88. The fourth-order valence-corrected chi connectivity index (χ4v) is 2.51. The van der Waals surface area contributed by atoms with E-state index in [1.54, 1.807) is 12.3 Å². The van der Waals surface area contributed by atoms with Crippen LogP contribution in [0.5, 0.6) is 0 Å². The summed E-state index contributed by atoms with van der Waals surface area (Å²) < 4.78 is 11.0. The number of hydrogen-bond acceptors (Lipinski definition) is 3. The first-order valence-electron chi connectivity index (χ1n) is 6.32. The molecule has 0 spiro atoms. The van der Waals surface area contributed by atoms with Crippen LogP contribution in [0.25, 0.3) is 33.1 Å². The summed E-state index contributed by atoms with van der Waals surface area (Å²) in [6.45, 7) is 0. The maximum absolute atomic E-state index is 11.5. The average Bonchev–Trinajstić information content (AvgIpc) is 2.93. The van der Waals surface area contributed by atoms with Crippen molar-refractivity contribution in [1.82, 2.24) is 0 Å². The highest BCUT2D eigenvalue weighted by Gasteiger charge is 2.14. The molecule has 3 heteroatoms.